The number of halogens is 2. The van der Waals surface area contributed by atoms with Gasteiger partial charge in [0, 0.05) is 21.5 Å². The summed E-state index contributed by atoms with van der Waals surface area (Å²) >= 11 is 12.7. The van der Waals surface area contributed by atoms with Crippen LogP contribution >= 0.6 is 23.2 Å². The number of para-hydroxylation sites is 1. The van der Waals surface area contributed by atoms with E-state index in [0.29, 0.717) is 21.3 Å². The number of carboxylic acid groups (broad SMARTS) is 1. The van der Waals surface area contributed by atoms with Crippen LogP contribution < -0.4 is 4.31 Å². The standard InChI is InChI=1S/C33H34Cl2N2O5S/c1-3-43(41,42)36(27-10-5-4-6-11-27)20-29(22-12-13-22)37-32(23-14-16-25(34)17-15-23)31(24-8-7-9-26(35)18-24)21(2)28(33(37)40)19-30(38)39/h4-11,14-18,22,29,31-32H,3,12-13,19-20H2,1-2H3,(H,38,39)/t29?,31-,32-/m1/s1. The van der Waals surface area contributed by atoms with E-state index < -0.39 is 46.3 Å². The number of aliphatic carboxylic acids is 1. The quantitative estimate of drug-likeness (QED) is 0.241. The summed E-state index contributed by atoms with van der Waals surface area (Å²) in [5.74, 6) is -2.00. The Hall–Kier alpha value is -3.33. The maximum Gasteiger partial charge on any atom is 0.308 e. The second-order valence-electron chi connectivity index (χ2n) is 11.1. The van der Waals surface area contributed by atoms with Crippen LogP contribution in [0.25, 0.3) is 0 Å². The monoisotopic (exact) mass is 640 g/mol. The van der Waals surface area contributed by atoms with Gasteiger partial charge in [0.1, 0.15) is 0 Å². The van der Waals surface area contributed by atoms with E-state index in [1.165, 1.54) is 4.31 Å². The van der Waals surface area contributed by atoms with Crippen LogP contribution in [0.4, 0.5) is 5.69 Å². The fraction of sp³-hybridized carbons (Fsp3) is 0.333. The van der Waals surface area contributed by atoms with Gasteiger partial charge in [0.2, 0.25) is 10.0 Å². The Kier molecular flexibility index (Phi) is 9.20. The molecule has 7 nitrogen and oxygen atoms in total. The minimum atomic E-state index is -3.72. The van der Waals surface area contributed by atoms with Crippen LogP contribution in [0.15, 0.2) is 90.0 Å². The maximum atomic E-state index is 14.6. The molecule has 1 heterocycles. The predicted octanol–water partition coefficient (Wildman–Crippen LogP) is 7.09. The zero-order valence-electron chi connectivity index (χ0n) is 24.0. The zero-order chi connectivity index (χ0) is 30.9. The van der Waals surface area contributed by atoms with E-state index in [1.54, 1.807) is 54.3 Å². The largest absolute Gasteiger partial charge is 0.481 e. The topological polar surface area (TPSA) is 95.0 Å². The minimum absolute atomic E-state index is 0.0431. The van der Waals surface area contributed by atoms with E-state index in [1.807, 2.05) is 43.3 Å². The van der Waals surface area contributed by atoms with Gasteiger partial charge in [0.25, 0.3) is 5.91 Å². The molecule has 2 aliphatic rings. The molecule has 3 atom stereocenters. The van der Waals surface area contributed by atoms with Crippen LogP contribution in [-0.4, -0.2) is 48.6 Å². The molecule has 0 bridgehead atoms. The summed E-state index contributed by atoms with van der Waals surface area (Å²) in [7, 11) is -3.72. The van der Waals surface area contributed by atoms with Gasteiger partial charge < -0.3 is 10.0 Å². The van der Waals surface area contributed by atoms with Crippen LogP contribution in [0, 0.1) is 5.92 Å². The molecule has 5 rings (SSSR count). The zero-order valence-corrected chi connectivity index (χ0v) is 26.3. The van der Waals surface area contributed by atoms with E-state index in [0.717, 1.165) is 24.0 Å². The van der Waals surface area contributed by atoms with Crippen LogP contribution in [0.3, 0.4) is 0 Å². The van der Waals surface area contributed by atoms with Crippen molar-refractivity contribution in [3.05, 3.63) is 111 Å². The SMILES string of the molecule is CCS(=O)(=O)N(CC(C1CC1)N1C(=O)C(CC(=O)O)=C(C)[C@H](c2cccc(Cl)c2)[C@H]1c1ccc(Cl)cc1)c1ccccc1. The molecule has 1 unspecified atom stereocenters. The van der Waals surface area contributed by atoms with Gasteiger partial charge in [-0.3, -0.25) is 13.9 Å². The Bertz CT molecular complexity index is 1640. The third kappa shape index (κ3) is 6.61. The number of nitrogens with zero attached hydrogens (tertiary/aromatic N) is 2. The van der Waals surface area contributed by atoms with Crippen molar-refractivity contribution in [2.45, 2.75) is 51.1 Å². The Morgan fingerprint density at radius 1 is 0.977 bits per heavy atom. The molecule has 1 aliphatic carbocycles. The minimum Gasteiger partial charge on any atom is -0.481 e. The summed E-state index contributed by atoms with van der Waals surface area (Å²) in [6.45, 7) is 3.46. The molecular weight excluding hydrogens is 607 g/mol. The lowest BCUT2D eigenvalue weighted by atomic mass is 9.75. The third-order valence-electron chi connectivity index (χ3n) is 8.42. The summed E-state index contributed by atoms with van der Waals surface area (Å²) in [5.41, 5.74) is 3.03. The second-order valence-corrected chi connectivity index (χ2v) is 14.2. The van der Waals surface area contributed by atoms with Crippen molar-refractivity contribution in [1.82, 2.24) is 4.90 Å². The normalized spacial score (nSPS) is 19.8. The maximum absolute atomic E-state index is 14.6. The summed E-state index contributed by atoms with van der Waals surface area (Å²) in [4.78, 5) is 28.4. The summed E-state index contributed by atoms with van der Waals surface area (Å²) < 4.78 is 28.4. The van der Waals surface area contributed by atoms with Gasteiger partial charge in [-0.05, 0) is 80.1 Å². The molecule has 0 radical (unpaired) electrons. The number of sulfonamides is 1. The Balaban J connectivity index is 1.73. The molecule has 0 saturated heterocycles. The number of hydrogen-bond acceptors (Lipinski definition) is 4. The Morgan fingerprint density at radius 2 is 1.65 bits per heavy atom. The molecule has 1 aliphatic heterocycles. The van der Waals surface area contributed by atoms with Crippen molar-refractivity contribution in [3.8, 4) is 0 Å². The molecule has 10 heteroatoms. The van der Waals surface area contributed by atoms with E-state index in [-0.39, 0.29) is 23.8 Å². The number of hydrogen-bond donors (Lipinski definition) is 1. The number of amides is 1. The lowest BCUT2D eigenvalue weighted by Crippen LogP contribution is -2.54. The van der Waals surface area contributed by atoms with Gasteiger partial charge in [0.15, 0.2) is 0 Å². The Labute approximate surface area is 262 Å². The third-order valence-corrected chi connectivity index (χ3v) is 10.7. The second kappa shape index (κ2) is 12.7. The molecule has 3 aromatic rings. The number of anilines is 1. The van der Waals surface area contributed by atoms with Crippen molar-refractivity contribution >= 4 is 50.8 Å². The van der Waals surface area contributed by atoms with Crippen LogP contribution in [-0.2, 0) is 19.6 Å². The van der Waals surface area contributed by atoms with Crippen LogP contribution in [0.1, 0.15) is 56.2 Å². The first-order chi connectivity index (χ1) is 20.5. The highest BCUT2D eigenvalue weighted by Crippen LogP contribution is 2.51. The molecule has 226 valence electrons. The molecule has 1 saturated carbocycles. The van der Waals surface area contributed by atoms with Crippen molar-refractivity contribution in [1.29, 1.82) is 0 Å². The van der Waals surface area contributed by atoms with Crippen molar-refractivity contribution in [3.63, 3.8) is 0 Å². The van der Waals surface area contributed by atoms with Gasteiger partial charge >= 0.3 is 5.97 Å². The Morgan fingerprint density at radius 3 is 2.23 bits per heavy atom. The highest BCUT2D eigenvalue weighted by atomic mass is 35.5. The number of carboxylic acids is 1. The lowest BCUT2D eigenvalue weighted by Gasteiger charge is -2.48. The molecule has 3 aromatic carbocycles. The van der Waals surface area contributed by atoms with Crippen molar-refractivity contribution in [2.24, 2.45) is 5.92 Å². The van der Waals surface area contributed by atoms with E-state index >= 15 is 0 Å². The van der Waals surface area contributed by atoms with E-state index in [2.05, 4.69) is 0 Å². The summed E-state index contributed by atoms with van der Waals surface area (Å²) in [6.07, 6.45) is 1.21. The molecule has 1 N–H and O–H groups in total. The van der Waals surface area contributed by atoms with Gasteiger partial charge in [-0.25, -0.2) is 8.42 Å². The average molecular weight is 642 g/mol. The smallest absolute Gasteiger partial charge is 0.308 e. The number of carbonyl (C=O) groups is 2. The first-order valence-electron chi connectivity index (χ1n) is 14.3. The first-order valence-corrected chi connectivity index (χ1v) is 16.7. The fourth-order valence-electron chi connectivity index (χ4n) is 6.15. The van der Waals surface area contributed by atoms with E-state index in [9.17, 15) is 23.1 Å². The summed E-state index contributed by atoms with van der Waals surface area (Å²) in [5, 5.41) is 10.9. The van der Waals surface area contributed by atoms with E-state index in [4.69, 9.17) is 23.2 Å². The average Bonchev–Trinajstić information content (AvgIpc) is 3.82. The van der Waals surface area contributed by atoms with Crippen molar-refractivity contribution in [2.75, 3.05) is 16.6 Å². The molecular formula is C33H34Cl2N2O5S. The number of carbonyl (C=O) groups excluding carboxylic acids is 1. The summed E-state index contributed by atoms with van der Waals surface area (Å²) in [6, 6.07) is 22.5. The molecule has 43 heavy (non-hydrogen) atoms. The van der Waals surface area contributed by atoms with Gasteiger partial charge in [-0.1, -0.05) is 71.2 Å². The van der Waals surface area contributed by atoms with Gasteiger partial charge in [-0.2, -0.15) is 0 Å². The molecule has 1 fully saturated rings. The first kappa shape index (κ1) is 31.1. The molecule has 0 aromatic heterocycles. The highest BCUT2D eigenvalue weighted by Gasteiger charge is 2.49. The van der Waals surface area contributed by atoms with Crippen LogP contribution in [0.5, 0.6) is 0 Å². The van der Waals surface area contributed by atoms with Gasteiger partial charge in [0.05, 0.1) is 36.5 Å². The predicted molar refractivity (Wildman–Crippen MR) is 170 cm³/mol. The van der Waals surface area contributed by atoms with Gasteiger partial charge in [-0.15, -0.1) is 0 Å². The van der Waals surface area contributed by atoms with Crippen LogP contribution in [0.2, 0.25) is 10.0 Å². The molecule has 1 amide bonds. The fourth-order valence-corrected chi connectivity index (χ4v) is 7.61. The lowest BCUT2D eigenvalue weighted by molar-refractivity contribution is -0.140. The number of benzene rings is 3. The molecule has 0 spiro atoms. The number of rotatable bonds is 11. The highest BCUT2D eigenvalue weighted by molar-refractivity contribution is 7.92. The van der Waals surface area contributed by atoms with Crippen molar-refractivity contribution < 1.29 is 23.1 Å².